The molecule has 2 unspecified atom stereocenters. The van der Waals surface area contributed by atoms with Crippen molar-refractivity contribution in [1.82, 2.24) is 0 Å². The van der Waals surface area contributed by atoms with Gasteiger partial charge in [0.2, 0.25) is 0 Å². The number of allylic oxidation sites excluding steroid dienone is 1. The van der Waals surface area contributed by atoms with Crippen molar-refractivity contribution in [3.05, 3.63) is 42.0 Å². The third kappa shape index (κ3) is 5.93. The molecule has 0 saturated carbocycles. The first-order chi connectivity index (χ1) is 11.2. The maximum atomic E-state index is 11.6. The summed E-state index contributed by atoms with van der Waals surface area (Å²) in [6.45, 7) is 11.4. The second kappa shape index (κ2) is 7.69. The van der Waals surface area contributed by atoms with Gasteiger partial charge >= 0.3 is 5.97 Å². The monoisotopic (exact) mass is 344 g/mol. The lowest BCUT2D eigenvalue weighted by molar-refractivity contribution is -0.146. The molecule has 0 bridgehead atoms. The van der Waals surface area contributed by atoms with Gasteiger partial charge in [-0.3, -0.25) is 4.79 Å². The Morgan fingerprint density at radius 3 is 2.46 bits per heavy atom. The molecule has 3 heteroatoms. The van der Waals surface area contributed by atoms with Crippen molar-refractivity contribution in [3.63, 3.8) is 0 Å². The highest BCUT2D eigenvalue weighted by Crippen LogP contribution is 2.37. The molecule has 1 saturated heterocycles. The molecule has 1 aliphatic heterocycles. The van der Waals surface area contributed by atoms with E-state index >= 15 is 0 Å². The van der Waals surface area contributed by atoms with E-state index in [2.05, 4.69) is 76.0 Å². The zero-order valence-corrected chi connectivity index (χ0v) is 16.8. The Morgan fingerprint density at radius 1 is 1.25 bits per heavy atom. The zero-order chi connectivity index (χ0) is 17.8. The molecule has 1 aromatic rings. The lowest BCUT2D eigenvalue weighted by atomic mass is 9.84. The molecule has 132 valence electrons. The molecule has 0 aliphatic carbocycles. The van der Waals surface area contributed by atoms with Gasteiger partial charge in [-0.05, 0) is 38.2 Å². The minimum absolute atomic E-state index is 0.0356. The third-order valence-corrected chi connectivity index (χ3v) is 6.64. The van der Waals surface area contributed by atoms with Gasteiger partial charge in [0, 0.05) is 14.0 Å². The molecular formula is C21H32O2Si. The standard InChI is InChI=1S/C21H32O2Si/c1-21(2)19(15-20(22)23-21)14-13-18(16-24(3,4)5)12-11-17-9-7-6-8-10-17/h6-12,18-19H,13-16H2,1-5H3/b12-11+. The molecule has 1 aromatic carbocycles. The van der Waals surface area contributed by atoms with E-state index in [9.17, 15) is 4.79 Å². The molecule has 0 spiro atoms. The van der Waals surface area contributed by atoms with E-state index in [1.807, 2.05) is 0 Å². The Morgan fingerprint density at radius 2 is 1.92 bits per heavy atom. The van der Waals surface area contributed by atoms with E-state index in [0.29, 0.717) is 18.3 Å². The lowest BCUT2D eigenvalue weighted by Crippen LogP contribution is -2.28. The van der Waals surface area contributed by atoms with Crippen LogP contribution in [0.5, 0.6) is 0 Å². The first-order valence-electron chi connectivity index (χ1n) is 9.11. The van der Waals surface area contributed by atoms with Gasteiger partial charge in [0.15, 0.2) is 0 Å². The fourth-order valence-electron chi connectivity index (χ4n) is 3.59. The van der Waals surface area contributed by atoms with Gasteiger partial charge < -0.3 is 4.74 Å². The minimum Gasteiger partial charge on any atom is -0.459 e. The Labute approximate surface area is 148 Å². The molecule has 24 heavy (non-hydrogen) atoms. The summed E-state index contributed by atoms with van der Waals surface area (Å²) in [6, 6.07) is 11.8. The number of esters is 1. The second-order valence-corrected chi connectivity index (χ2v) is 14.4. The molecule has 1 aliphatic rings. The van der Waals surface area contributed by atoms with Crippen molar-refractivity contribution < 1.29 is 9.53 Å². The summed E-state index contributed by atoms with van der Waals surface area (Å²) in [5.74, 6) is 0.897. The molecular weight excluding hydrogens is 312 g/mol. The summed E-state index contributed by atoms with van der Waals surface area (Å²) < 4.78 is 5.48. The van der Waals surface area contributed by atoms with E-state index in [1.54, 1.807) is 0 Å². The summed E-state index contributed by atoms with van der Waals surface area (Å²) >= 11 is 0. The maximum Gasteiger partial charge on any atom is 0.306 e. The number of ether oxygens (including phenoxy) is 1. The van der Waals surface area contributed by atoms with Gasteiger partial charge in [-0.15, -0.1) is 0 Å². The van der Waals surface area contributed by atoms with Crippen LogP contribution in [0.25, 0.3) is 6.08 Å². The predicted molar refractivity (Wildman–Crippen MR) is 105 cm³/mol. The number of rotatable bonds is 7. The lowest BCUT2D eigenvalue weighted by Gasteiger charge is -2.27. The number of carbonyl (C=O) groups excluding carboxylic acids is 1. The zero-order valence-electron chi connectivity index (χ0n) is 15.8. The Kier molecular flexibility index (Phi) is 6.08. The number of carbonyl (C=O) groups is 1. The van der Waals surface area contributed by atoms with Gasteiger partial charge in [0.25, 0.3) is 0 Å². The van der Waals surface area contributed by atoms with Crippen LogP contribution in [-0.4, -0.2) is 19.6 Å². The fraction of sp³-hybridized carbons (Fsp3) is 0.571. The molecule has 0 aromatic heterocycles. The van der Waals surface area contributed by atoms with E-state index < -0.39 is 8.07 Å². The first-order valence-corrected chi connectivity index (χ1v) is 12.8. The number of hydrogen-bond acceptors (Lipinski definition) is 2. The highest BCUT2D eigenvalue weighted by Gasteiger charge is 2.41. The van der Waals surface area contributed by atoms with Crippen molar-refractivity contribution in [2.45, 2.75) is 64.4 Å². The molecule has 0 N–H and O–H groups in total. The van der Waals surface area contributed by atoms with Crippen molar-refractivity contribution in [2.75, 3.05) is 0 Å². The van der Waals surface area contributed by atoms with E-state index in [4.69, 9.17) is 4.74 Å². The number of hydrogen-bond donors (Lipinski definition) is 0. The number of benzene rings is 1. The summed E-state index contributed by atoms with van der Waals surface area (Å²) in [6.07, 6.45) is 7.42. The van der Waals surface area contributed by atoms with Gasteiger partial charge in [0.1, 0.15) is 5.60 Å². The maximum absolute atomic E-state index is 11.6. The molecule has 1 heterocycles. The predicted octanol–water partition coefficient (Wildman–Crippen LogP) is 5.78. The van der Waals surface area contributed by atoms with Crippen molar-refractivity contribution in [2.24, 2.45) is 11.8 Å². The van der Waals surface area contributed by atoms with Crippen molar-refractivity contribution >= 4 is 20.1 Å². The Bertz CT molecular complexity index is 569. The molecule has 2 rings (SSSR count). The second-order valence-electron chi connectivity index (χ2n) is 8.85. The summed E-state index contributed by atoms with van der Waals surface area (Å²) in [7, 11) is -1.13. The van der Waals surface area contributed by atoms with Crippen LogP contribution < -0.4 is 0 Å². The summed E-state index contributed by atoms with van der Waals surface area (Å²) in [5, 5.41) is 0. The largest absolute Gasteiger partial charge is 0.459 e. The molecule has 0 radical (unpaired) electrons. The molecule has 0 amide bonds. The Hall–Kier alpha value is -1.35. The van der Waals surface area contributed by atoms with Crippen LogP contribution in [0.3, 0.4) is 0 Å². The fourth-order valence-corrected chi connectivity index (χ4v) is 5.51. The SMILES string of the molecule is CC1(C)OC(=O)CC1CCC(/C=C/c1ccccc1)C[Si](C)(C)C. The van der Waals surface area contributed by atoms with Gasteiger partial charge in [0.05, 0.1) is 6.42 Å². The summed E-state index contributed by atoms with van der Waals surface area (Å²) in [5.41, 5.74) is 0.960. The quantitative estimate of drug-likeness (QED) is 0.463. The van der Waals surface area contributed by atoms with E-state index in [0.717, 1.165) is 12.8 Å². The average molecular weight is 345 g/mol. The van der Waals surface area contributed by atoms with Crippen LogP contribution in [0.1, 0.15) is 38.7 Å². The smallest absolute Gasteiger partial charge is 0.306 e. The van der Waals surface area contributed by atoms with E-state index in [-0.39, 0.29) is 11.6 Å². The normalized spacial score (nSPS) is 21.9. The van der Waals surface area contributed by atoms with Crippen molar-refractivity contribution in [1.29, 1.82) is 0 Å². The molecule has 2 atom stereocenters. The van der Waals surface area contributed by atoms with E-state index in [1.165, 1.54) is 11.6 Å². The molecule has 1 fully saturated rings. The van der Waals surface area contributed by atoms with Crippen LogP contribution in [0.4, 0.5) is 0 Å². The van der Waals surface area contributed by atoms with Gasteiger partial charge in [-0.25, -0.2) is 0 Å². The van der Waals surface area contributed by atoms with Gasteiger partial charge in [-0.1, -0.05) is 68.2 Å². The topological polar surface area (TPSA) is 26.3 Å². The van der Waals surface area contributed by atoms with Crippen LogP contribution in [0.15, 0.2) is 36.4 Å². The summed E-state index contributed by atoms with van der Waals surface area (Å²) in [4.78, 5) is 11.6. The first kappa shape index (κ1) is 19.0. The van der Waals surface area contributed by atoms with Crippen LogP contribution in [0, 0.1) is 11.8 Å². The average Bonchev–Trinajstić information content (AvgIpc) is 2.74. The minimum atomic E-state index is -1.13. The Balaban J connectivity index is 2.01. The highest BCUT2D eigenvalue weighted by atomic mass is 28.3. The van der Waals surface area contributed by atoms with Crippen LogP contribution in [0.2, 0.25) is 25.7 Å². The van der Waals surface area contributed by atoms with Gasteiger partial charge in [-0.2, -0.15) is 0 Å². The molecule has 2 nitrogen and oxygen atoms in total. The third-order valence-electron chi connectivity index (χ3n) is 4.89. The van der Waals surface area contributed by atoms with Crippen molar-refractivity contribution in [3.8, 4) is 0 Å². The van der Waals surface area contributed by atoms with Crippen LogP contribution >= 0.6 is 0 Å². The van der Waals surface area contributed by atoms with Crippen LogP contribution in [-0.2, 0) is 9.53 Å². The highest BCUT2D eigenvalue weighted by molar-refractivity contribution is 6.76. The number of cyclic esters (lactones) is 1.